The summed E-state index contributed by atoms with van der Waals surface area (Å²) in [5.41, 5.74) is 2.33. The number of anilines is 1. The van der Waals surface area contributed by atoms with Crippen molar-refractivity contribution in [2.75, 3.05) is 25.6 Å². The normalized spacial score (nSPS) is 12.2. The summed E-state index contributed by atoms with van der Waals surface area (Å²) in [4.78, 5) is 3.97. The molecule has 0 saturated heterocycles. The van der Waals surface area contributed by atoms with E-state index in [1.165, 1.54) is 25.3 Å². The summed E-state index contributed by atoms with van der Waals surface area (Å²) in [6.45, 7) is 0.652. The van der Waals surface area contributed by atoms with Gasteiger partial charge in [0.2, 0.25) is 5.96 Å². The first kappa shape index (κ1) is 16.1. The van der Waals surface area contributed by atoms with Gasteiger partial charge in [0.25, 0.3) is 0 Å². The molecule has 0 amide bonds. The summed E-state index contributed by atoms with van der Waals surface area (Å²) >= 11 is 0. The molecule has 1 aromatic rings. The van der Waals surface area contributed by atoms with Gasteiger partial charge in [0, 0.05) is 7.11 Å². The van der Waals surface area contributed by atoms with Crippen molar-refractivity contribution < 1.29 is 22.6 Å². The second kappa shape index (κ2) is 7.56. The van der Waals surface area contributed by atoms with Crippen LogP contribution in [0.25, 0.3) is 0 Å². The molecule has 0 aliphatic rings. The number of methoxy groups -OCH3 is 1. The minimum atomic E-state index is -4.78. The van der Waals surface area contributed by atoms with Crippen LogP contribution < -0.4 is 21.3 Å². The van der Waals surface area contributed by atoms with E-state index in [1.54, 1.807) is 6.07 Å². The lowest BCUT2D eigenvalue weighted by atomic mass is 10.3. The Labute approximate surface area is 113 Å². The molecule has 0 spiro atoms. The number of hydrogen-bond donors (Lipinski definition) is 3. The molecular formula is C11H15F3N4O2. The Bertz CT molecular complexity index is 452. The monoisotopic (exact) mass is 292 g/mol. The third kappa shape index (κ3) is 5.76. The topological polar surface area (TPSA) is 80.9 Å². The molecule has 0 bridgehead atoms. The molecule has 0 heterocycles. The Morgan fingerprint density at radius 1 is 1.35 bits per heavy atom. The van der Waals surface area contributed by atoms with E-state index in [0.717, 1.165) is 0 Å². The number of aliphatic imine (C=N–C) groups is 1. The van der Waals surface area contributed by atoms with Crippen LogP contribution in [0.1, 0.15) is 0 Å². The zero-order chi connectivity index (χ0) is 15.0. The fraction of sp³-hybridized carbons (Fsp3) is 0.364. The first-order valence-electron chi connectivity index (χ1n) is 5.58. The molecule has 20 heavy (non-hydrogen) atoms. The van der Waals surface area contributed by atoms with Gasteiger partial charge >= 0.3 is 6.36 Å². The van der Waals surface area contributed by atoms with E-state index in [-0.39, 0.29) is 17.4 Å². The maximum atomic E-state index is 12.3. The van der Waals surface area contributed by atoms with Crippen LogP contribution in [0.2, 0.25) is 0 Å². The van der Waals surface area contributed by atoms with Gasteiger partial charge in [0.15, 0.2) is 5.75 Å². The van der Waals surface area contributed by atoms with Gasteiger partial charge in [-0.2, -0.15) is 0 Å². The summed E-state index contributed by atoms with van der Waals surface area (Å²) in [6.07, 6.45) is -4.78. The van der Waals surface area contributed by atoms with E-state index < -0.39 is 6.36 Å². The summed E-state index contributed by atoms with van der Waals surface area (Å²) < 4.78 is 45.4. The van der Waals surface area contributed by atoms with Crippen molar-refractivity contribution in [1.82, 2.24) is 5.43 Å². The lowest BCUT2D eigenvalue weighted by Gasteiger charge is -2.15. The van der Waals surface area contributed by atoms with Crippen molar-refractivity contribution in [2.24, 2.45) is 10.8 Å². The van der Waals surface area contributed by atoms with Crippen LogP contribution in [-0.2, 0) is 4.74 Å². The zero-order valence-electron chi connectivity index (χ0n) is 10.7. The number of rotatable bonds is 5. The number of ether oxygens (including phenoxy) is 2. The molecule has 0 fully saturated rings. The average molecular weight is 292 g/mol. The fourth-order valence-corrected chi connectivity index (χ4v) is 1.28. The van der Waals surface area contributed by atoms with Crippen LogP contribution >= 0.6 is 0 Å². The van der Waals surface area contributed by atoms with Gasteiger partial charge in [-0.1, -0.05) is 12.1 Å². The number of nitrogens with zero attached hydrogens (tertiary/aromatic N) is 1. The number of benzene rings is 1. The standard InChI is InChI=1S/C11H15F3N4O2/c1-19-7-6-16-10(18-15)17-8-4-2-3-5-9(8)20-11(12,13)14/h2-5H,6-7,15H2,1H3,(H2,16,17,18). The van der Waals surface area contributed by atoms with Gasteiger partial charge in [-0.15, -0.1) is 13.2 Å². The van der Waals surface area contributed by atoms with E-state index in [0.29, 0.717) is 13.2 Å². The molecular weight excluding hydrogens is 277 g/mol. The highest BCUT2D eigenvalue weighted by atomic mass is 19.4. The number of hydrazine groups is 1. The number of hydrogen-bond acceptors (Lipinski definition) is 4. The quantitative estimate of drug-likeness (QED) is 0.252. The van der Waals surface area contributed by atoms with Crippen LogP contribution in [0.5, 0.6) is 5.75 Å². The summed E-state index contributed by atoms with van der Waals surface area (Å²) in [5, 5.41) is 2.61. The van der Waals surface area contributed by atoms with E-state index in [9.17, 15) is 13.2 Å². The molecule has 0 aliphatic heterocycles. The summed E-state index contributed by atoms with van der Waals surface area (Å²) in [7, 11) is 1.50. The lowest BCUT2D eigenvalue weighted by molar-refractivity contribution is -0.274. The maximum Gasteiger partial charge on any atom is 0.573 e. The van der Waals surface area contributed by atoms with Crippen LogP contribution in [-0.4, -0.2) is 32.6 Å². The number of alkyl halides is 3. The fourth-order valence-electron chi connectivity index (χ4n) is 1.28. The van der Waals surface area contributed by atoms with Crippen molar-refractivity contribution in [3.05, 3.63) is 24.3 Å². The SMILES string of the molecule is COCCN=C(NN)Nc1ccccc1OC(F)(F)F. The Hall–Kier alpha value is -2.00. The number of guanidine groups is 1. The van der Waals surface area contributed by atoms with Gasteiger partial charge in [0.05, 0.1) is 18.8 Å². The average Bonchev–Trinajstić information content (AvgIpc) is 2.38. The predicted molar refractivity (Wildman–Crippen MR) is 68.2 cm³/mol. The summed E-state index contributed by atoms with van der Waals surface area (Å²) in [6, 6.07) is 5.56. The molecule has 0 unspecified atom stereocenters. The number of nitrogens with one attached hydrogen (secondary N) is 2. The molecule has 0 atom stereocenters. The van der Waals surface area contributed by atoms with E-state index >= 15 is 0 Å². The van der Waals surface area contributed by atoms with E-state index in [2.05, 4.69) is 20.5 Å². The van der Waals surface area contributed by atoms with Gasteiger partial charge in [-0.05, 0) is 12.1 Å². The molecule has 0 radical (unpaired) electrons. The lowest BCUT2D eigenvalue weighted by Crippen LogP contribution is -2.36. The number of nitrogens with two attached hydrogens (primary N) is 1. The van der Waals surface area contributed by atoms with Crippen molar-refractivity contribution in [3.8, 4) is 5.75 Å². The van der Waals surface area contributed by atoms with Gasteiger partial charge < -0.3 is 14.8 Å². The van der Waals surface area contributed by atoms with Gasteiger partial charge in [0.1, 0.15) is 0 Å². The second-order valence-corrected chi connectivity index (χ2v) is 3.54. The highest BCUT2D eigenvalue weighted by Crippen LogP contribution is 2.29. The Kier molecular flexibility index (Phi) is 6.07. The Morgan fingerprint density at radius 2 is 2.05 bits per heavy atom. The van der Waals surface area contributed by atoms with Crippen LogP contribution in [0.15, 0.2) is 29.3 Å². The molecule has 6 nitrogen and oxygen atoms in total. The minimum Gasteiger partial charge on any atom is -0.404 e. The Morgan fingerprint density at radius 3 is 2.65 bits per heavy atom. The van der Waals surface area contributed by atoms with E-state index in [1.807, 2.05) is 0 Å². The van der Waals surface area contributed by atoms with Gasteiger partial charge in [-0.25, -0.2) is 10.8 Å². The Balaban J connectivity index is 2.82. The van der Waals surface area contributed by atoms with Crippen LogP contribution in [0.3, 0.4) is 0 Å². The summed E-state index contributed by atoms with van der Waals surface area (Å²) in [5.74, 6) is 4.95. The van der Waals surface area contributed by atoms with Crippen molar-refractivity contribution in [2.45, 2.75) is 6.36 Å². The molecule has 0 saturated carbocycles. The number of halogens is 3. The van der Waals surface area contributed by atoms with Crippen molar-refractivity contribution >= 4 is 11.6 Å². The smallest absolute Gasteiger partial charge is 0.404 e. The molecule has 4 N–H and O–H groups in total. The van der Waals surface area contributed by atoms with Gasteiger partial charge in [-0.3, -0.25) is 5.43 Å². The molecule has 0 aliphatic carbocycles. The van der Waals surface area contributed by atoms with Crippen LogP contribution in [0.4, 0.5) is 18.9 Å². The van der Waals surface area contributed by atoms with E-state index in [4.69, 9.17) is 10.6 Å². The van der Waals surface area contributed by atoms with Crippen LogP contribution in [0, 0.1) is 0 Å². The van der Waals surface area contributed by atoms with Crippen molar-refractivity contribution in [3.63, 3.8) is 0 Å². The third-order valence-corrected chi connectivity index (χ3v) is 2.07. The first-order chi connectivity index (χ1) is 9.46. The second-order valence-electron chi connectivity index (χ2n) is 3.54. The predicted octanol–water partition coefficient (Wildman–Crippen LogP) is 1.46. The minimum absolute atomic E-state index is 0.0824. The zero-order valence-corrected chi connectivity index (χ0v) is 10.7. The maximum absolute atomic E-state index is 12.3. The third-order valence-electron chi connectivity index (χ3n) is 2.07. The molecule has 9 heteroatoms. The molecule has 112 valence electrons. The van der Waals surface area contributed by atoms with Crippen molar-refractivity contribution in [1.29, 1.82) is 0 Å². The molecule has 1 rings (SSSR count). The highest BCUT2D eigenvalue weighted by Gasteiger charge is 2.32. The molecule has 0 aromatic heterocycles. The largest absolute Gasteiger partial charge is 0.573 e. The highest BCUT2D eigenvalue weighted by molar-refractivity contribution is 5.94. The first-order valence-corrected chi connectivity index (χ1v) is 5.58. The number of para-hydroxylation sites is 2. The molecule has 1 aromatic carbocycles.